The van der Waals surface area contributed by atoms with Crippen LogP contribution in [0, 0.1) is 0 Å². The summed E-state index contributed by atoms with van der Waals surface area (Å²) in [6, 6.07) is 0. The van der Waals surface area contributed by atoms with E-state index in [2.05, 4.69) is 16.1 Å². The van der Waals surface area contributed by atoms with Gasteiger partial charge in [0, 0.05) is 6.08 Å². The quantitative estimate of drug-likeness (QED) is 0.268. The third-order valence-electron chi connectivity index (χ3n) is 0.926. The van der Waals surface area contributed by atoms with Crippen molar-refractivity contribution in [2.24, 2.45) is 0 Å². The zero-order valence-corrected chi connectivity index (χ0v) is 8.33. The van der Waals surface area contributed by atoms with Gasteiger partial charge in [0.15, 0.2) is 0 Å². The second-order valence-corrected chi connectivity index (χ2v) is 3.41. The Kier molecular flexibility index (Phi) is 4.01. The molecule has 0 aromatic carbocycles. The van der Waals surface area contributed by atoms with Crippen molar-refractivity contribution >= 4 is 17.9 Å². The van der Waals surface area contributed by atoms with Crippen LogP contribution in [0.25, 0.3) is 0 Å². The van der Waals surface area contributed by atoms with Gasteiger partial charge in [0.2, 0.25) is 0 Å². The molecule has 0 atom stereocenters. The molecule has 0 amide bonds. The fourth-order valence-electron chi connectivity index (χ4n) is 0.494. The van der Waals surface area contributed by atoms with Crippen LogP contribution in [-0.4, -0.2) is 23.5 Å². The fourth-order valence-corrected chi connectivity index (χ4v) is 0.494. The average molecular weight is 200 g/mol. The summed E-state index contributed by atoms with van der Waals surface area (Å²) < 4.78 is 8.68. The number of hydrogen-bond donors (Lipinski definition) is 0. The summed E-state index contributed by atoms with van der Waals surface area (Å²) in [5.41, 5.74) is -0.798. The van der Waals surface area contributed by atoms with Gasteiger partial charge in [0.1, 0.15) is 5.60 Å². The zero-order chi connectivity index (χ0) is 11.4. The molecule has 0 bridgehead atoms. The molecule has 0 saturated heterocycles. The number of ether oxygens (including phenoxy) is 2. The maximum Gasteiger partial charge on any atom is 0.425 e. The van der Waals surface area contributed by atoms with E-state index < -0.39 is 23.5 Å². The van der Waals surface area contributed by atoms with Gasteiger partial charge in [-0.1, -0.05) is 6.58 Å². The van der Waals surface area contributed by atoms with Crippen LogP contribution in [0.5, 0.6) is 0 Å². The normalized spacial score (nSPS) is 10.2. The van der Waals surface area contributed by atoms with Crippen LogP contribution in [0.3, 0.4) is 0 Å². The van der Waals surface area contributed by atoms with Gasteiger partial charge in [-0.15, -0.1) is 0 Å². The number of carbonyl (C=O) groups is 3. The second kappa shape index (κ2) is 4.55. The lowest BCUT2D eigenvalue weighted by molar-refractivity contribution is -0.177. The van der Waals surface area contributed by atoms with Crippen LogP contribution in [0.1, 0.15) is 20.8 Å². The van der Waals surface area contributed by atoms with Crippen LogP contribution >= 0.6 is 0 Å². The Bertz CT molecular complexity index is 271. The van der Waals surface area contributed by atoms with Gasteiger partial charge in [0.25, 0.3) is 0 Å². The lowest BCUT2D eigenvalue weighted by Crippen LogP contribution is -2.31. The monoisotopic (exact) mass is 200 g/mol. The minimum Gasteiger partial charge on any atom is -0.452 e. The van der Waals surface area contributed by atoms with Crippen molar-refractivity contribution in [2.45, 2.75) is 26.4 Å². The number of hydrogen-bond acceptors (Lipinski definition) is 5. The van der Waals surface area contributed by atoms with E-state index in [-0.39, 0.29) is 0 Å². The third kappa shape index (κ3) is 5.08. The minimum absolute atomic E-state index is 0.780. The van der Waals surface area contributed by atoms with Gasteiger partial charge in [-0.05, 0) is 20.8 Å². The molecule has 0 rings (SSSR count). The Hall–Kier alpha value is -1.65. The molecular formula is C9H12O5. The van der Waals surface area contributed by atoms with E-state index in [1.54, 1.807) is 20.8 Å². The van der Waals surface area contributed by atoms with Crippen molar-refractivity contribution in [1.82, 2.24) is 0 Å². The summed E-state index contributed by atoms with van der Waals surface area (Å²) in [5.74, 6) is -3.53. The molecule has 78 valence electrons. The Labute approximate surface area is 81.7 Å². The summed E-state index contributed by atoms with van der Waals surface area (Å²) in [5, 5.41) is 0. The number of esters is 3. The standard InChI is InChI=1S/C9H12O5/c1-5-6(10)13-7(11)8(12)14-9(2,3)4/h5H,1H2,2-4H3. The molecule has 0 fully saturated rings. The smallest absolute Gasteiger partial charge is 0.425 e. The van der Waals surface area contributed by atoms with Crippen molar-refractivity contribution in [2.75, 3.05) is 0 Å². The predicted octanol–water partition coefficient (Wildman–Crippen LogP) is 0.584. The highest BCUT2D eigenvalue weighted by atomic mass is 16.6. The van der Waals surface area contributed by atoms with Crippen LogP contribution < -0.4 is 0 Å². The zero-order valence-electron chi connectivity index (χ0n) is 8.33. The Morgan fingerprint density at radius 1 is 1.14 bits per heavy atom. The maximum absolute atomic E-state index is 10.9. The van der Waals surface area contributed by atoms with E-state index in [0.29, 0.717) is 0 Å². The molecule has 0 heterocycles. The van der Waals surface area contributed by atoms with Crippen LogP contribution in [0.15, 0.2) is 12.7 Å². The molecule has 0 aliphatic rings. The molecule has 0 saturated carbocycles. The van der Waals surface area contributed by atoms with Gasteiger partial charge in [-0.25, -0.2) is 14.4 Å². The molecule has 0 spiro atoms. The topological polar surface area (TPSA) is 69.7 Å². The summed E-state index contributed by atoms with van der Waals surface area (Å²) in [4.78, 5) is 32.3. The summed E-state index contributed by atoms with van der Waals surface area (Å²) in [6.07, 6.45) is 0.780. The lowest BCUT2D eigenvalue weighted by atomic mass is 10.2. The average Bonchev–Trinajstić information content (AvgIpc) is 2.00. The van der Waals surface area contributed by atoms with Gasteiger partial charge in [0.05, 0.1) is 0 Å². The van der Waals surface area contributed by atoms with E-state index in [1.807, 2.05) is 0 Å². The van der Waals surface area contributed by atoms with E-state index in [0.717, 1.165) is 6.08 Å². The van der Waals surface area contributed by atoms with Crippen molar-refractivity contribution in [3.05, 3.63) is 12.7 Å². The first-order valence-electron chi connectivity index (χ1n) is 3.88. The summed E-state index contributed by atoms with van der Waals surface area (Å²) >= 11 is 0. The predicted molar refractivity (Wildman–Crippen MR) is 47.1 cm³/mol. The number of rotatable bonds is 1. The van der Waals surface area contributed by atoms with E-state index in [4.69, 9.17) is 0 Å². The highest BCUT2D eigenvalue weighted by Crippen LogP contribution is 2.07. The van der Waals surface area contributed by atoms with Gasteiger partial charge in [-0.3, -0.25) is 0 Å². The highest BCUT2D eigenvalue weighted by molar-refractivity contribution is 6.31. The van der Waals surface area contributed by atoms with Gasteiger partial charge >= 0.3 is 17.9 Å². The summed E-state index contributed by atoms with van der Waals surface area (Å²) in [6.45, 7) is 7.84. The lowest BCUT2D eigenvalue weighted by Gasteiger charge is -2.17. The molecule has 0 aliphatic carbocycles. The van der Waals surface area contributed by atoms with Gasteiger partial charge in [-0.2, -0.15) is 0 Å². The maximum atomic E-state index is 10.9. The number of carbonyl (C=O) groups excluding carboxylic acids is 3. The van der Waals surface area contributed by atoms with Crippen molar-refractivity contribution < 1.29 is 23.9 Å². The minimum atomic E-state index is -1.34. The van der Waals surface area contributed by atoms with E-state index >= 15 is 0 Å². The fraction of sp³-hybridized carbons (Fsp3) is 0.444. The first kappa shape index (κ1) is 12.3. The third-order valence-corrected chi connectivity index (χ3v) is 0.926. The van der Waals surface area contributed by atoms with Crippen LogP contribution in [-0.2, 0) is 23.9 Å². The molecule has 0 aromatic rings. The van der Waals surface area contributed by atoms with Crippen LogP contribution in [0.4, 0.5) is 0 Å². The molecule has 0 radical (unpaired) electrons. The molecule has 0 N–H and O–H groups in total. The molecule has 0 aliphatic heterocycles. The van der Waals surface area contributed by atoms with Crippen molar-refractivity contribution in [3.8, 4) is 0 Å². The van der Waals surface area contributed by atoms with E-state index in [9.17, 15) is 14.4 Å². The van der Waals surface area contributed by atoms with E-state index in [1.165, 1.54) is 0 Å². The van der Waals surface area contributed by atoms with Crippen molar-refractivity contribution in [1.29, 1.82) is 0 Å². The van der Waals surface area contributed by atoms with Gasteiger partial charge < -0.3 is 9.47 Å². The molecular weight excluding hydrogens is 188 g/mol. The summed E-state index contributed by atoms with van der Waals surface area (Å²) in [7, 11) is 0. The SMILES string of the molecule is C=CC(=O)OC(=O)C(=O)OC(C)(C)C. The van der Waals surface area contributed by atoms with Crippen molar-refractivity contribution in [3.63, 3.8) is 0 Å². The Balaban J connectivity index is 4.21. The Morgan fingerprint density at radius 2 is 1.64 bits per heavy atom. The Morgan fingerprint density at radius 3 is 2.00 bits per heavy atom. The first-order chi connectivity index (χ1) is 6.26. The second-order valence-electron chi connectivity index (χ2n) is 3.41. The molecule has 5 nitrogen and oxygen atoms in total. The highest BCUT2D eigenvalue weighted by Gasteiger charge is 2.25. The molecule has 14 heavy (non-hydrogen) atoms. The molecule has 5 heteroatoms. The first-order valence-corrected chi connectivity index (χ1v) is 3.88. The van der Waals surface area contributed by atoms with Crippen LogP contribution in [0.2, 0.25) is 0 Å². The largest absolute Gasteiger partial charge is 0.452 e. The molecule has 0 aromatic heterocycles. The molecule has 0 unspecified atom stereocenters.